The molecule has 0 radical (unpaired) electrons. The van der Waals surface area contributed by atoms with Gasteiger partial charge in [0.15, 0.2) is 5.69 Å². The molecule has 1 aliphatic heterocycles. The molecule has 0 bridgehead atoms. The van der Waals surface area contributed by atoms with Crippen molar-refractivity contribution in [1.82, 2.24) is 24.2 Å². The molecule has 1 aromatic carbocycles. The fraction of sp³-hybridized carbons (Fsp3) is 0.345. The van der Waals surface area contributed by atoms with E-state index in [1.54, 1.807) is 13.1 Å². The zero-order valence-electron chi connectivity index (χ0n) is 24.9. The molecule has 0 spiro atoms. The van der Waals surface area contributed by atoms with Crippen LogP contribution in [0.3, 0.4) is 0 Å². The lowest BCUT2D eigenvalue weighted by atomic mass is 10.0. The minimum atomic E-state index is -3.85. The minimum absolute atomic E-state index is 0.0154. The lowest BCUT2D eigenvalue weighted by Crippen LogP contribution is -2.48. The van der Waals surface area contributed by atoms with Crippen LogP contribution in [0.4, 0.5) is 21.7 Å². The van der Waals surface area contributed by atoms with Crippen LogP contribution in [0, 0.1) is 19.7 Å². The molecule has 3 aromatic heterocycles. The van der Waals surface area contributed by atoms with E-state index in [1.807, 2.05) is 36.5 Å². The average molecular weight is 643 g/mol. The third-order valence-corrected chi connectivity index (χ3v) is 8.22. The number of pyridine rings is 2. The van der Waals surface area contributed by atoms with Crippen molar-refractivity contribution in [1.29, 1.82) is 0 Å². The average Bonchev–Trinajstić information content (AvgIpc) is 2.96. The minimum Gasteiger partial charge on any atom is -0.377 e. The Kier molecular flexibility index (Phi) is 8.49. The highest BCUT2D eigenvalue weighted by molar-refractivity contribution is 7.89. The SMILES string of the molecule is Cc1cc([C@@H](C)Nc2ccc(Cl)nc2C(=O)NS(C)(=O)=O)c2nc(N3CCN(c4cc(F)cnc4C)CC3)n(C)c(=O)c2c1. The lowest BCUT2D eigenvalue weighted by molar-refractivity contribution is 0.0977. The largest absolute Gasteiger partial charge is 0.377 e. The number of carbonyl (C=O) groups is 1. The second kappa shape index (κ2) is 12.0. The number of aryl methyl sites for hydroxylation is 2. The van der Waals surface area contributed by atoms with Crippen molar-refractivity contribution in [2.45, 2.75) is 26.8 Å². The number of anilines is 3. The summed E-state index contributed by atoms with van der Waals surface area (Å²) < 4.78 is 40.7. The third kappa shape index (κ3) is 6.45. The normalized spacial score (nSPS) is 14.5. The number of aromatic nitrogens is 4. The summed E-state index contributed by atoms with van der Waals surface area (Å²) in [6, 6.07) is 7.71. The van der Waals surface area contributed by atoms with Crippen LogP contribution in [-0.2, 0) is 17.1 Å². The van der Waals surface area contributed by atoms with Gasteiger partial charge in [0.1, 0.15) is 11.0 Å². The smallest absolute Gasteiger partial charge is 0.285 e. The molecule has 2 N–H and O–H groups in total. The van der Waals surface area contributed by atoms with Crippen LogP contribution >= 0.6 is 11.6 Å². The van der Waals surface area contributed by atoms with Crippen molar-refractivity contribution in [3.05, 3.63) is 80.4 Å². The molecule has 4 heterocycles. The maximum Gasteiger partial charge on any atom is 0.285 e. The van der Waals surface area contributed by atoms with Gasteiger partial charge in [-0.15, -0.1) is 0 Å². The van der Waals surface area contributed by atoms with Crippen LogP contribution in [0.5, 0.6) is 0 Å². The Bertz CT molecular complexity index is 1940. The van der Waals surface area contributed by atoms with E-state index in [9.17, 15) is 22.4 Å². The zero-order chi connectivity index (χ0) is 31.9. The number of sulfonamides is 1. The molecular formula is C29H32ClFN8O4S. The van der Waals surface area contributed by atoms with Crippen LogP contribution in [0.15, 0.2) is 41.3 Å². The van der Waals surface area contributed by atoms with Crippen LogP contribution in [0.25, 0.3) is 10.9 Å². The summed E-state index contributed by atoms with van der Waals surface area (Å²) in [5, 5.41) is 3.67. The van der Waals surface area contributed by atoms with Gasteiger partial charge in [-0.2, -0.15) is 0 Å². The first kappa shape index (κ1) is 31.1. The second-order valence-corrected chi connectivity index (χ2v) is 13.0. The number of hydrogen-bond acceptors (Lipinski definition) is 10. The second-order valence-electron chi connectivity index (χ2n) is 10.9. The molecule has 12 nitrogen and oxygen atoms in total. The Morgan fingerprint density at radius 2 is 1.75 bits per heavy atom. The van der Waals surface area contributed by atoms with E-state index < -0.39 is 27.8 Å². The molecule has 1 fully saturated rings. The predicted octanol–water partition coefficient (Wildman–Crippen LogP) is 3.32. The maximum absolute atomic E-state index is 13.9. The molecule has 1 aliphatic rings. The molecule has 0 aliphatic carbocycles. The molecule has 44 heavy (non-hydrogen) atoms. The van der Waals surface area contributed by atoms with Gasteiger partial charge in [0.25, 0.3) is 11.5 Å². The molecule has 5 rings (SSSR count). The van der Waals surface area contributed by atoms with Crippen molar-refractivity contribution in [2.24, 2.45) is 7.05 Å². The molecule has 1 amide bonds. The Morgan fingerprint density at radius 3 is 2.43 bits per heavy atom. The predicted molar refractivity (Wildman–Crippen MR) is 169 cm³/mol. The topological polar surface area (TPSA) is 142 Å². The highest BCUT2D eigenvalue weighted by Gasteiger charge is 2.25. The van der Waals surface area contributed by atoms with E-state index >= 15 is 0 Å². The van der Waals surface area contributed by atoms with E-state index in [4.69, 9.17) is 16.6 Å². The van der Waals surface area contributed by atoms with Crippen molar-refractivity contribution in [3.8, 4) is 0 Å². The first-order valence-corrected chi connectivity index (χ1v) is 16.1. The first-order chi connectivity index (χ1) is 20.7. The Morgan fingerprint density at radius 1 is 1.07 bits per heavy atom. The highest BCUT2D eigenvalue weighted by Crippen LogP contribution is 2.30. The van der Waals surface area contributed by atoms with E-state index in [-0.39, 0.29) is 22.1 Å². The lowest BCUT2D eigenvalue weighted by Gasteiger charge is -2.37. The molecule has 4 aromatic rings. The molecule has 0 saturated carbocycles. The summed E-state index contributed by atoms with van der Waals surface area (Å²) in [6.07, 6.45) is 2.07. The number of rotatable bonds is 7. The number of nitrogens with zero attached hydrogens (tertiary/aromatic N) is 6. The summed E-state index contributed by atoms with van der Waals surface area (Å²) >= 11 is 6.02. The van der Waals surface area contributed by atoms with Crippen molar-refractivity contribution in [3.63, 3.8) is 0 Å². The summed E-state index contributed by atoms with van der Waals surface area (Å²) in [4.78, 5) is 43.6. The number of carbonyl (C=O) groups excluding carboxylic acids is 1. The zero-order valence-corrected chi connectivity index (χ0v) is 26.4. The number of amides is 1. The molecule has 232 valence electrons. The van der Waals surface area contributed by atoms with E-state index in [1.165, 1.54) is 29.0 Å². The summed E-state index contributed by atoms with van der Waals surface area (Å²) in [5.41, 5.74) is 3.35. The quantitative estimate of drug-likeness (QED) is 0.288. The van der Waals surface area contributed by atoms with Crippen molar-refractivity contribution in [2.75, 3.05) is 47.6 Å². The fourth-order valence-corrected chi connectivity index (χ4v) is 5.95. The Balaban J connectivity index is 1.49. The van der Waals surface area contributed by atoms with Crippen LogP contribution in [-0.4, -0.2) is 66.3 Å². The molecule has 0 unspecified atom stereocenters. The van der Waals surface area contributed by atoms with Gasteiger partial charge >= 0.3 is 0 Å². The summed E-state index contributed by atoms with van der Waals surface area (Å²) in [6.45, 7) is 7.82. The Labute approximate surface area is 258 Å². The van der Waals surface area contributed by atoms with Gasteiger partial charge in [0.2, 0.25) is 16.0 Å². The van der Waals surface area contributed by atoms with E-state index in [0.29, 0.717) is 48.6 Å². The van der Waals surface area contributed by atoms with Gasteiger partial charge in [0.05, 0.1) is 46.5 Å². The van der Waals surface area contributed by atoms with Crippen LogP contribution in [0.2, 0.25) is 5.15 Å². The number of benzene rings is 1. The molecule has 15 heteroatoms. The maximum atomic E-state index is 13.9. The van der Waals surface area contributed by atoms with Crippen LogP contribution in [0.1, 0.15) is 40.3 Å². The Hall–Kier alpha value is -4.30. The number of hydrogen-bond donors (Lipinski definition) is 2. The van der Waals surface area contributed by atoms with Gasteiger partial charge in [-0.25, -0.2) is 27.5 Å². The standard InChI is InChI=1S/C29H32ClFN8O4S/c1-16-12-20(17(2)33-22-6-7-24(30)34-26(22)27(40)36-44(5,42)43)25-21(13-16)28(41)37(4)29(35-25)39-10-8-38(9-11-39)23-14-19(31)15-32-18(23)3/h6-7,12-15,17,33H,8-11H2,1-5H3,(H,36,40)/t17-/m1/s1. The van der Waals surface area contributed by atoms with Gasteiger partial charge in [-0.05, 0) is 44.5 Å². The first-order valence-electron chi connectivity index (χ1n) is 13.8. The summed E-state index contributed by atoms with van der Waals surface area (Å²) in [5.74, 6) is -0.832. The van der Waals surface area contributed by atoms with Gasteiger partial charge in [-0.3, -0.25) is 19.1 Å². The van der Waals surface area contributed by atoms with Crippen LogP contribution < -0.4 is 25.4 Å². The monoisotopic (exact) mass is 642 g/mol. The summed E-state index contributed by atoms with van der Waals surface area (Å²) in [7, 11) is -2.16. The van der Waals surface area contributed by atoms with Crippen molar-refractivity contribution < 1.29 is 17.6 Å². The number of fused-ring (bicyclic) bond motifs is 1. The van der Waals surface area contributed by atoms with Gasteiger partial charge < -0.3 is 15.1 Å². The number of halogens is 2. The van der Waals surface area contributed by atoms with E-state index in [0.717, 1.165) is 23.2 Å². The molecule has 1 atom stereocenters. The molecule has 1 saturated heterocycles. The number of nitrogens with one attached hydrogen (secondary N) is 2. The highest BCUT2D eigenvalue weighted by atomic mass is 35.5. The van der Waals surface area contributed by atoms with Crippen molar-refractivity contribution >= 4 is 55.8 Å². The third-order valence-electron chi connectivity index (χ3n) is 7.45. The van der Waals surface area contributed by atoms with Gasteiger partial charge in [0, 0.05) is 44.9 Å². The molecular weight excluding hydrogens is 611 g/mol. The van der Waals surface area contributed by atoms with Gasteiger partial charge in [-0.1, -0.05) is 17.7 Å². The number of piperazine rings is 1. The fourth-order valence-electron chi connectivity index (χ4n) is 5.37. The van der Waals surface area contributed by atoms with E-state index in [2.05, 4.69) is 20.2 Å².